The van der Waals surface area contributed by atoms with Gasteiger partial charge in [0.2, 0.25) is 0 Å². The summed E-state index contributed by atoms with van der Waals surface area (Å²) in [6, 6.07) is 0.901. The molecule has 7 heteroatoms. The maximum Gasteiger partial charge on any atom is 0.269 e. The fourth-order valence-electron chi connectivity index (χ4n) is 0.969. The van der Waals surface area contributed by atoms with Gasteiger partial charge >= 0.3 is 0 Å². The average molecular weight is 223 g/mol. The van der Waals surface area contributed by atoms with Crippen LogP contribution >= 0.6 is 11.6 Å². The Hall–Kier alpha value is -1.43. The predicted octanol–water partition coefficient (Wildman–Crippen LogP) is 1.27. The number of pyridine rings is 1. The lowest BCUT2D eigenvalue weighted by molar-refractivity contribution is 0.106. The number of carbonyl (C=O) groups excluding carboxylic acids is 1. The van der Waals surface area contributed by atoms with E-state index in [1.54, 1.807) is 0 Å². The molecule has 0 fully saturated rings. The number of hydrogen-bond donors (Lipinski definition) is 2. The van der Waals surface area contributed by atoms with Gasteiger partial charge in [-0.25, -0.2) is 8.78 Å². The van der Waals surface area contributed by atoms with Crippen molar-refractivity contribution < 1.29 is 13.6 Å². The summed E-state index contributed by atoms with van der Waals surface area (Å²) in [6.45, 7) is 0. The molecule has 0 aliphatic carbocycles. The summed E-state index contributed by atoms with van der Waals surface area (Å²) in [5, 5.41) is -1.14. The average Bonchev–Trinajstić information content (AvgIpc) is 2.01. The quantitative estimate of drug-likeness (QED) is 0.740. The van der Waals surface area contributed by atoms with Crippen LogP contribution in [0.4, 0.5) is 14.6 Å². The number of H-pyrrole nitrogens is 1. The first-order valence-electron chi connectivity index (χ1n) is 3.44. The minimum atomic E-state index is -3.07. The van der Waals surface area contributed by atoms with Crippen molar-refractivity contribution >= 4 is 22.7 Å². The predicted molar refractivity (Wildman–Crippen MR) is 46.6 cm³/mol. The number of nitrogens with one attached hydrogen (secondary N) is 1. The Morgan fingerprint density at radius 3 is 2.57 bits per heavy atom. The lowest BCUT2D eigenvalue weighted by Crippen LogP contribution is -2.19. The highest BCUT2D eigenvalue weighted by Crippen LogP contribution is 2.21. The van der Waals surface area contributed by atoms with Gasteiger partial charge in [0.05, 0.1) is 11.1 Å². The Morgan fingerprint density at radius 2 is 2.14 bits per heavy atom. The molecule has 0 unspecified atom stereocenters. The van der Waals surface area contributed by atoms with Crippen LogP contribution in [0.3, 0.4) is 0 Å². The van der Waals surface area contributed by atoms with Crippen LogP contribution in [0, 0.1) is 0 Å². The number of halogens is 3. The molecule has 14 heavy (non-hydrogen) atoms. The van der Waals surface area contributed by atoms with Gasteiger partial charge < -0.3 is 10.7 Å². The summed E-state index contributed by atoms with van der Waals surface area (Å²) >= 11 is 5.02. The molecule has 0 aromatic carbocycles. The molecule has 0 spiro atoms. The van der Waals surface area contributed by atoms with Crippen LogP contribution in [0.1, 0.15) is 22.3 Å². The van der Waals surface area contributed by atoms with Gasteiger partial charge in [0.25, 0.3) is 17.2 Å². The van der Waals surface area contributed by atoms with E-state index >= 15 is 0 Å². The number of hydrogen-bond acceptors (Lipinski definition) is 3. The van der Waals surface area contributed by atoms with Crippen molar-refractivity contribution in [3.63, 3.8) is 0 Å². The first kappa shape index (κ1) is 10.6. The zero-order valence-electron chi connectivity index (χ0n) is 6.68. The lowest BCUT2D eigenvalue weighted by atomic mass is 10.1. The third kappa shape index (κ3) is 1.90. The third-order valence-corrected chi connectivity index (χ3v) is 1.73. The van der Waals surface area contributed by atoms with Crippen LogP contribution in [0.2, 0.25) is 0 Å². The van der Waals surface area contributed by atoms with Crippen LogP contribution in [-0.2, 0) is 0 Å². The van der Waals surface area contributed by atoms with Crippen LogP contribution in [0.25, 0.3) is 0 Å². The molecule has 0 saturated heterocycles. The Morgan fingerprint density at radius 1 is 1.57 bits per heavy atom. The summed E-state index contributed by atoms with van der Waals surface area (Å²) in [7, 11) is 0. The highest BCUT2D eigenvalue weighted by Gasteiger charge is 2.21. The number of nitrogens with two attached hydrogens (primary N) is 1. The monoisotopic (exact) mass is 222 g/mol. The molecule has 4 nitrogen and oxygen atoms in total. The molecule has 0 bridgehead atoms. The molecular formula is C7H5ClF2N2O2. The van der Waals surface area contributed by atoms with Gasteiger partial charge in [-0.2, -0.15) is 0 Å². The largest absolute Gasteiger partial charge is 0.385 e. The lowest BCUT2D eigenvalue weighted by Gasteiger charge is -2.04. The summed E-state index contributed by atoms with van der Waals surface area (Å²) in [5.74, 6) is -0.191. The molecule has 1 rings (SSSR count). The zero-order chi connectivity index (χ0) is 10.9. The van der Waals surface area contributed by atoms with E-state index in [9.17, 15) is 18.4 Å². The van der Waals surface area contributed by atoms with Gasteiger partial charge in [0, 0.05) is 0 Å². The Bertz CT molecular complexity index is 430. The number of rotatable bonds is 2. The highest BCUT2D eigenvalue weighted by atomic mass is 35.5. The molecule has 0 saturated carbocycles. The number of anilines is 1. The van der Waals surface area contributed by atoms with Crippen molar-refractivity contribution in [3.8, 4) is 0 Å². The van der Waals surface area contributed by atoms with Crippen LogP contribution < -0.4 is 11.3 Å². The van der Waals surface area contributed by atoms with E-state index in [2.05, 4.69) is 0 Å². The summed E-state index contributed by atoms with van der Waals surface area (Å²) in [4.78, 5) is 23.6. The molecule has 1 aromatic rings. The van der Waals surface area contributed by atoms with E-state index in [-0.39, 0.29) is 5.82 Å². The second-order valence-corrected chi connectivity index (χ2v) is 2.80. The van der Waals surface area contributed by atoms with Crippen LogP contribution in [0.5, 0.6) is 0 Å². The second-order valence-electron chi connectivity index (χ2n) is 2.46. The second kappa shape index (κ2) is 3.75. The van der Waals surface area contributed by atoms with Gasteiger partial charge in [-0.15, -0.1) is 0 Å². The SMILES string of the molecule is Nc1cc(C(=O)Cl)c(C(F)F)c(=O)[nH]1. The van der Waals surface area contributed by atoms with Gasteiger partial charge in [-0.3, -0.25) is 9.59 Å². The molecule has 0 aliphatic heterocycles. The highest BCUT2D eigenvalue weighted by molar-refractivity contribution is 6.68. The van der Waals surface area contributed by atoms with Gasteiger partial charge in [-0.1, -0.05) is 0 Å². The van der Waals surface area contributed by atoms with E-state index in [1.807, 2.05) is 4.98 Å². The topological polar surface area (TPSA) is 76.0 Å². The molecule has 0 atom stereocenters. The Kier molecular flexibility index (Phi) is 2.85. The van der Waals surface area contributed by atoms with Crippen molar-refractivity contribution in [1.29, 1.82) is 0 Å². The maximum atomic E-state index is 12.3. The van der Waals surface area contributed by atoms with E-state index in [0.717, 1.165) is 6.07 Å². The van der Waals surface area contributed by atoms with Crippen molar-refractivity contribution in [3.05, 3.63) is 27.5 Å². The van der Waals surface area contributed by atoms with E-state index in [4.69, 9.17) is 17.3 Å². The molecule has 1 aromatic heterocycles. The molecule has 0 amide bonds. The Balaban J connectivity index is 3.53. The fraction of sp³-hybridized carbons (Fsp3) is 0.143. The first-order valence-corrected chi connectivity index (χ1v) is 3.82. The molecule has 76 valence electrons. The number of aromatic nitrogens is 1. The van der Waals surface area contributed by atoms with Crippen LogP contribution in [-0.4, -0.2) is 10.2 Å². The van der Waals surface area contributed by atoms with Crippen LogP contribution in [0.15, 0.2) is 10.9 Å². The minimum Gasteiger partial charge on any atom is -0.385 e. The third-order valence-electron chi connectivity index (χ3n) is 1.52. The molecule has 3 N–H and O–H groups in total. The van der Waals surface area contributed by atoms with E-state index in [1.165, 1.54) is 0 Å². The number of carbonyl (C=O) groups is 1. The van der Waals surface area contributed by atoms with E-state index in [0.29, 0.717) is 0 Å². The van der Waals surface area contributed by atoms with Crippen molar-refractivity contribution in [2.45, 2.75) is 6.43 Å². The smallest absolute Gasteiger partial charge is 0.269 e. The van der Waals surface area contributed by atoms with Gasteiger partial charge in [0.1, 0.15) is 5.82 Å². The number of aromatic amines is 1. The molecule has 1 heterocycles. The summed E-state index contributed by atoms with van der Waals surface area (Å²) in [5.41, 5.74) is 2.52. The van der Waals surface area contributed by atoms with Crippen molar-refractivity contribution in [2.24, 2.45) is 0 Å². The minimum absolute atomic E-state index is 0.191. The molecule has 0 radical (unpaired) electrons. The Labute approximate surface area is 81.7 Å². The summed E-state index contributed by atoms with van der Waals surface area (Å²) < 4.78 is 24.6. The zero-order valence-corrected chi connectivity index (χ0v) is 7.44. The van der Waals surface area contributed by atoms with Gasteiger partial charge in [0.15, 0.2) is 0 Å². The fourth-order valence-corrected chi connectivity index (χ4v) is 1.13. The first-order chi connectivity index (χ1) is 6.43. The van der Waals surface area contributed by atoms with E-state index < -0.39 is 28.4 Å². The van der Waals surface area contributed by atoms with Crippen molar-refractivity contribution in [1.82, 2.24) is 4.98 Å². The maximum absolute atomic E-state index is 12.3. The standard InChI is InChI=1S/C7H5ClF2N2O2/c8-5(13)2-1-3(11)12-7(14)4(2)6(9)10/h1,6H,(H3,11,12,14). The van der Waals surface area contributed by atoms with Gasteiger partial charge in [-0.05, 0) is 17.7 Å². The van der Waals surface area contributed by atoms with Crippen molar-refractivity contribution in [2.75, 3.05) is 5.73 Å². The molecule has 0 aliphatic rings. The number of alkyl halides is 2. The normalized spacial score (nSPS) is 10.6. The number of nitrogen functional groups attached to an aromatic ring is 1. The molecular weight excluding hydrogens is 218 g/mol. The summed E-state index contributed by atoms with van der Waals surface area (Å²) in [6.07, 6.45) is -3.07.